The number of hydrogen-bond donors (Lipinski definition) is 0. The van der Waals surface area contributed by atoms with Crippen LogP contribution in [0.4, 0.5) is 0 Å². The average molecular weight is 305 g/mol. The number of carbonyl (C=O) groups excluding carboxylic acids is 2. The molecule has 0 aromatic carbocycles. The van der Waals surface area contributed by atoms with Crippen LogP contribution in [0.5, 0.6) is 0 Å². The molecule has 5 heteroatoms. The molecule has 1 aromatic rings. The third-order valence-electron chi connectivity index (χ3n) is 3.64. The molecule has 1 rings (SSSR count). The van der Waals surface area contributed by atoms with E-state index < -0.39 is 11.8 Å². The van der Waals surface area contributed by atoms with Gasteiger partial charge in [-0.05, 0) is 58.7 Å². The predicted molar refractivity (Wildman–Crippen MR) is 87.3 cm³/mol. The molecule has 5 nitrogen and oxygen atoms in total. The molecular weight excluding hydrogens is 278 g/mol. The van der Waals surface area contributed by atoms with Gasteiger partial charge in [-0.15, -0.1) is 0 Å². The minimum atomic E-state index is -0.424. The van der Waals surface area contributed by atoms with Crippen molar-refractivity contribution in [3.8, 4) is 0 Å². The third kappa shape index (κ3) is 4.83. The first-order valence-electron chi connectivity index (χ1n) is 7.81. The predicted octanol–water partition coefficient (Wildman–Crippen LogP) is 2.12. The number of rotatable bonds is 5. The Hall–Kier alpha value is -1.91. The first kappa shape index (κ1) is 18.1. The van der Waals surface area contributed by atoms with Gasteiger partial charge in [0, 0.05) is 37.6 Å². The zero-order valence-electron chi connectivity index (χ0n) is 14.3. The van der Waals surface area contributed by atoms with Crippen LogP contribution in [0.3, 0.4) is 0 Å². The summed E-state index contributed by atoms with van der Waals surface area (Å²) in [5, 5.41) is 0. The summed E-state index contributed by atoms with van der Waals surface area (Å²) in [6, 6.07) is 3.85. The van der Waals surface area contributed by atoms with Gasteiger partial charge in [-0.2, -0.15) is 0 Å². The Morgan fingerprint density at radius 1 is 1.05 bits per heavy atom. The number of amides is 2. The van der Waals surface area contributed by atoms with Crippen molar-refractivity contribution in [2.75, 3.05) is 19.6 Å². The maximum Gasteiger partial charge on any atom is 0.312 e. The van der Waals surface area contributed by atoms with Crippen LogP contribution in [0.1, 0.15) is 40.2 Å². The summed E-state index contributed by atoms with van der Waals surface area (Å²) in [7, 11) is 0. The minimum Gasteiger partial charge on any atom is -0.334 e. The van der Waals surface area contributed by atoms with Gasteiger partial charge in [0.2, 0.25) is 0 Å². The number of hydrogen-bond acceptors (Lipinski definition) is 3. The highest BCUT2D eigenvalue weighted by atomic mass is 16.2. The van der Waals surface area contributed by atoms with E-state index >= 15 is 0 Å². The molecular formula is C17H27N3O2. The first-order chi connectivity index (χ1) is 10.3. The van der Waals surface area contributed by atoms with Gasteiger partial charge in [-0.1, -0.05) is 0 Å². The second-order valence-electron chi connectivity index (χ2n) is 6.21. The van der Waals surface area contributed by atoms with Gasteiger partial charge >= 0.3 is 11.8 Å². The van der Waals surface area contributed by atoms with Crippen molar-refractivity contribution >= 4 is 11.8 Å². The van der Waals surface area contributed by atoms with Crippen molar-refractivity contribution in [1.82, 2.24) is 14.8 Å². The van der Waals surface area contributed by atoms with E-state index in [1.807, 2.05) is 46.8 Å². The molecule has 0 bridgehead atoms. The van der Waals surface area contributed by atoms with E-state index in [0.29, 0.717) is 19.6 Å². The molecule has 1 heterocycles. The van der Waals surface area contributed by atoms with E-state index in [1.54, 1.807) is 22.2 Å². The van der Waals surface area contributed by atoms with Gasteiger partial charge in [0.05, 0.1) is 0 Å². The van der Waals surface area contributed by atoms with Crippen molar-refractivity contribution in [1.29, 1.82) is 0 Å². The lowest BCUT2D eigenvalue weighted by atomic mass is 10.1. The molecule has 2 amide bonds. The fraction of sp³-hybridized carbons (Fsp3) is 0.588. The molecule has 0 aliphatic heterocycles. The van der Waals surface area contributed by atoms with Gasteiger partial charge in [0.1, 0.15) is 0 Å². The van der Waals surface area contributed by atoms with Crippen molar-refractivity contribution in [2.45, 2.75) is 46.6 Å². The van der Waals surface area contributed by atoms with Crippen LogP contribution in [0.2, 0.25) is 0 Å². The maximum atomic E-state index is 12.5. The first-order valence-corrected chi connectivity index (χ1v) is 7.81. The second-order valence-corrected chi connectivity index (χ2v) is 6.21. The summed E-state index contributed by atoms with van der Waals surface area (Å²) in [6.07, 6.45) is 4.19. The van der Waals surface area contributed by atoms with Gasteiger partial charge in [-0.25, -0.2) is 0 Å². The molecule has 0 saturated heterocycles. The van der Waals surface area contributed by atoms with Crippen molar-refractivity contribution in [3.63, 3.8) is 0 Å². The lowest BCUT2D eigenvalue weighted by Crippen LogP contribution is -2.52. The normalized spacial score (nSPS) is 11.1. The maximum absolute atomic E-state index is 12.5. The van der Waals surface area contributed by atoms with E-state index in [-0.39, 0.29) is 5.54 Å². The van der Waals surface area contributed by atoms with E-state index in [2.05, 4.69) is 4.98 Å². The molecule has 0 radical (unpaired) electrons. The van der Waals surface area contributed by atoms with Crippen LogP contribution in [-0.2, 0) is 16.0 Å². The van der Waals surface area contributed by atoms with Crippen LogP contribution >= 0.6 is 0 Å². The highest BCUT2D eigenvalue weighted by Gasteiger charge is 2.31. The zero-order chi connectivity index (χ0) is 16.8. The SMILES string of the molecule is CCN(CCc1ccncc1)C(=O)C(=O)N(CC)C(C)(C)C. The Morgan fingerprint density at radius 3 is 2.09 bits per heavy atom. The van der Waals surface area contributed by atoms with Crippen molar-refractivity contribution in [3.05, 3.63) is 30.1 Å². The summed E-state index contributed by atoms with van der Waals surface area (Å²) in [6.45, 7) is 11.2. The molecule has 1 aromatic heterocycles. The Morgan fingerprint density at radius 2 is 1.64 bits per heavy atom. The number of aromatic nitrogens is 1. The van der Waals surface area contributed by atoms with E-state index in [9.17, 15) is 9.59 Å². The van der Waals surface area contributed by atoms with Gasteiger partial charge in [0.25, 0.3) is 0 Å². The second kappa shape index (κ2) is 7.92. The van der Waals surface area contributed by atoms with Gasteiger partial charge in [-0.3, -0.25) is 14.6 Å². The summed E-state index contributed by atoms with van der Waals surface area (Å²) in [5.74, 6) is -0.847. The number of carbonyl (C=O) groups is 2. The quantitative estimate of drug-likeness (QED) is 0.783. The van der Waals surface area contributed by atoms with Crippen molar-refractivity contribution < 1.29 is 9.59 Å². The number of likely N-dealkylation sites (N-methyl/N-ethyl adjacent to an activating group) is 2. The van der Waals surface area contributed by atoms with Crippen LogP contribution in [-0.4, -0.2) is 51.8 Å². The summed E-state index contributed by atoms with van der Waals surface area (Å²) in [4.78, 5) is 32.1. The van der Waals surface area contributed by atoms with Crippen LogP contribution in [0.15, 0.2) is 24.5 Å². The Bertz CT molecular complexity index is 494. The van der Waals surface area contributed by atoms with Gasteiger partial charge < -0.3 is 9.80 Å². The lowest BCUT2D eigenvalue weighted by molar-refractivity contribution is -0.154. The molecule has 0 saturated carbocycles. The fourth-order valence-corrected chi connectivity index (χ4v) is 2.39. The minimum absolute atomic E-state index is 0.355. The van der Waals surface area contributed by atoms with Crippen LogP contribution in [0.25, 0.3) is 0 Å². The average Bonchev–Trinajstić information content (AvgIpc) is 2.47. The Kier molecular flexibility index (Phi) is 6.53. The summed E-state index contributed by atoms with van der Waals surface area (Å²) < 4.78 is 0. The molecule has 0 fully saturated rings. The van der Waals surface area contributed by atoms with E-state index in [4.69, 9.17) is 0 Å². The molecule has 0 atom stereocenters. The standard InChI is InChI=1S/C17H27N3O2/c1-6-19(13-10-14-8-11-18-12-9-14)15(21)16(22)20(7-2)17(3,4)5/h8-9,11-12H,6-7,10,13H2,1-5H3. The van der Waals surface area contributed by atoms with Crippen LogP contribution in [0, 0.1) is 0 Å². The lowest BCUT2D eigenvalue weighted by Gasteiger charge is -2.35. The molecule has 0 aliphatic rings. The number of nitrogens with zero attached hydrogens (tertiary/aromatic N) is 3. The fourth-order valence-electron chi connectivity index (χ4n) is 2.39. The van der Waals surface area contributed by atoms with E-state index in [0.717, 1.165) is 12.0 Å². The highest BCUT2D eigenvalue weighted by Crippen LogP contribution is 2.14. The number of pyridine rings is 1. The zero-order valence-corrected chi connectivity index (χ0v) is 14.3. The largest absolute Gasteiger partial charge is 0.334 e. The molecule has 0 aliphatic carbocycles. The molecule has 0 N–H and O–H groups in total. The van der Waals surface area contributed by atoms with Crippen molar-refractivity contribution in [2.24, 2.45) is 0 Å². The van der Waals surface area contributed by atoms with E-state index in [1.165, 1.54) is 0 Å². The molecule has 0 unspecified atom stereocenters. The van der Waals surface area contributed by atoms with Crippen LogP contribution < -0.4 is 0 Å². The van der Waals surface area contributed by atoms with Gasteiger partial charge in [0.15, 0.2) is 0 Å². The third-order valence-corrected chi connectivity index (χ3v) is 3.64. The monoisotopic (exact) mass is 305 g/mol. The Labute approximate surface area is 133 Å². The molecule has 22 heavy (non-hydrogen) atoms. The summed E-state index contributed by atoms with van der Waals surface area (Å²) in [5.41, 5.74) is 0.753. The highest BCUT2D eigenvalue weighted by molar-refractivity contribution is 6.35. The smallest absolute Gasteiger partial charge is 0.312 e. The molecule has 122 valence electrons. The Balaban J connectivity index is 2.73. The molecule has 0 spiro atoms. The topological polar surface area (TPSA) is 53.5 Å². The summed E-state index contributed by atoms with van der Waals surface area (Å²) >= 11 is 0.